The normalized spacial score (nSPS) is 11.0. The van der Waals surface area contributed by atoms with E-state index < -0.39 is 0 Å². The predicted octanol–water partition coefficient (Wildman–Crippen LogP) is 2.40. The van der Waals surface area contributed by atoms with Crippen molar-refractivity contribution >= 4 is 27.5 Å². The van der Waals surface area contributed by atoms with Gasteiger partial charge in [0.25, 0.3) is 0 Å². The monoisotopic (exact) mass is 307 g/mol. The van der Waals surface area contributed by atoms with Crippen LogP contribution in [0, 0.1) is 6.92 Å². The van der Waals surface area contributed by atoms with E-state index in [4.69, 9.17) is 4.52 Å². The Balaban J connectivity index is 1.81. The van der Waals surface area contributed by atoms with Crippen LogP contribution in [0.25, 0.3) is 5.65 Å². The summed E-state index contributed by atoms with van der Waals surface area (Å²) in [5.41, 5.74) is 1.60. The lowest BCUT2D eigenvalue weighted by molar-refractivity contribution is 0.391. The standard InChI is InChI=1S/C11H10BrN5O/c1-7-5-8(16-18-7)6-13-11-14-10-9(12)3-2-4-17(10)15-11/h2-5H,6H2,1H3,(H,13,15). The minimum Gasteiger partial charge on any atom is -0.361 e. The second-order valence-corrected chi connectivity index (χ2v) is 4.70. The number of hydrogen-bond donors (Lipinski definition) is 1. The summed E-state index contributed by atoms with van der Waals surface area (Å²) in [6, 6.07) is 5.70. The molecule has 0 aliphatic rings. The van der Waals surface area contributed by atoms with Crippen LogP contribution in [0.3, 0.4) is 0 Å². The van der Waals surface area contributed by atoms with Crippen molar-refractivity contribution in [2.24, 2.45) is 0 Å². The van der Waals surface area contributed by atoms with Crippen LogP contribution in [0.15, 0.2) is 33.4 Å². The highest BCUT2D eigenvalue weighted by molar-refractivity contribution is 9.10. The van der Waals surface area contributed by atoms with E-state index >= 15 is 0 Å². The van der Waals surface area contributed by atoms with Gasteiger partial charge in [-0.1, -0.05) is 5.16 Å². The first-order valence-electron chi connectivity index (χ1n) is 5.39. The fourth-order valence-electron chi connectivity index (χ4n) is 1.62. The van der Waals surface area contributed by atoms with Gasteiger partial charge in [0.15, 0.2) is 5.65 Å². The van der Waals surface area contributed by atoms with Crippen LogP contribution in [-0.2, 0) is 6.54 Å². The molecular formula is C11H10BrN5O. The second-order valence-electron chi connectivity index (χ2n) is 3.84. The van der Waals surface area contributed by atoms with E-state index in [9.17, 15) is 0 Å². The van der Waals surface area contributed by atoms with Gasteiger partial charge in [0.1, 0.15) is 11.5 Å². The molecule has 3 rings (SSSR count). The van der Waals surface area contributed by atoms with Gasteiger partial charge in [-0.3, -0.25) is 0 Å². The molecule has 0 fully saturated rings. The largest absolute Gasteiger partial charge is 0.361 e. The maximum atomic E-state index is 4.99. The fourth-order valence-corrected chi connectivity index (χ4v) is 2.04. The SMILES string of the molecule is Cc1cc(CNc2nc3c(Br)cccn3n2)no1. The lowest BCUT2D eigenvalue weighted by atomic mass is 10.4. The summed E-state index contributed by atoms with van der Waals surface area (Å²) in [4.78, 5) is 4.37. The number of hydrogen-bond acceptors (Lipinski definition) is 5. The highest BCUT2D eigenvalue weighted by Gasteiger charge is 2.06. The molecular weight excluding hydrogens is 298 g/mol. The lowest BCUT2D eigenvalue weighted by Gasteiger charge is -1.95. The van der Waals surface area contributed by atoms with Gasteiger partial charge in [0.2, 0.25) is 5.95 Å². The van der Waals surface area contributed by atoms with Crippen molar-refractivity contribution in [2.45, 2.75) is 13.5 Å². The number of nitrogens with zero attached hydrogens (tertiary/aromatic N) is 4. The van der Waals surface area contributed by atoms with E-state index in [0.717, 1.165) is 21.6 Å². The van der Waals surface area contributed by atoms with Crippen molar-refractivity contribution in [2.75, 3.05) is 5.32 Å². The Morgan fingerprint density at radius 2 is 2.39 bits per heavy atom. The number of aryl methyl sites for hydroxylation is 1. The zero-order valence-electron chi connectivity index (χ0n) is 9.59. The Hall–Kier alpha value is -1.89. The summed E-state index contributed by atoms with van der Waals surface area (Å²) >= 11 is 3.43. The Kier molecular flexibility index (Phi) is 2.75. The third-order valence-corrected chi connectivity index (χ3v) is 3.04. The first kappa shape index (κ1) is 11.2. The molecule has 0 saturated heterocycles. The van der Waals surface area contributed by atoms with Gasteiger partial charge in [-0.2, -0.15) is 4.98 Å². The smallest absolute Gasteiger partial charge is 0.243 e. The van der Waals surface area contributed by atoms with E-state index in [2.05, 4.69) is 36.5 Å². The Bertz CT molecular complexity index is 690. The highest BCUT2D eigenvalue weighted by atomic mass is 79.9. The van der Waals surface area contributed by atoms with Gasteiger partial charge in [-0.05, 0) is 35.0 Å². The number of halogens is 1. The molecule has 3 heterocycles. The van der Waals surface area contributed by atoms with Crippen LogP contribution in [0.5, 0.6) is 0 Å². The number of rotatable bonds is 3. The average Bonchev–Trinajstić information content (AvgIpc) is 2.93. The molecule has 18 heavy (non-hydrogen) atoms. The molecule has 0 amide bonds. The average molecular weight is 308 g/mol. The highest BCUT2D eigenvalue weighted by Crippen LogP contribution is 2.17. The van der Waals surface area contributed by atoms with E-state index in [1.807, 2.05) is 31.3 Å². The Labute approximate surface area is 111 Å². The summed E-state index contributed by atoms with van der Waals surface area (Å²) in [5.74, 6) is 1.35. The Morgan fingerprint density at radius 3 is 3.11 bits per heavy atom. The molecule has 92 valence electrons. The number of anilines is 1. The molecule has 7 heteroatoms. The molecule has 0 atom stereocenters. The van der Waals surface area contributed by atoms with E-state index in [1.165, 1.54) is 0 Å². The van der Waals surface area contributed by atoms with E-state index in [1.54, 1.807) is 4.52 Å². The third kappa shape index (κ3) is 2.08. The molecule has 0 radical (unpaired) electrons. The molecule has 0 unspecified atom stereocenters. The van der Waals surface area contributed by atoms with Gasteiger partial charge in [-0.25, -0.2) is 4.52 Å². The molecule has 0 saturated carbocycles. The zero-order chi connectivity index (χ0) is 12.5. The quantitative estimate of drug-likeness (QED) is 0.804. The van der Waals surface area contributed by atoms with Crippen LogP contribution in [0.2, 0.25) is 0 Å². The van der Waals surface area contributed by atoms with Crippen molar-refractivity contribution in [1.82, 2.24) is 19.8 Å². The molecule has 3 aromatic heterocycles. The first-order chi connectivity index (χ1) is 8.72. The first-order valence-corrected chi connectivity index (χ1v) is 6.18. The third-order valence-electron chi connectivity index (χ3n) is 2.42. The lowest BCUT2D eigenvalue weighted by Crippen LogP contribution is -2.01. The number of aromatic nitrogens is 4. The van der Waals surface area contributed by atoms with Crippen LogP contribution >= 0.6 is 15.9 Å². The van der Waals surface area contributed by atoms with Gasteiger partial charge in [0, 0.05) is 12.3 Å². The van der Waals surface area contributed by atoms with Crippen molar-refractivity contribution in [3.8, 4) is 0 Å². The van der Waals surface area contributed by atoms with Crippen molar-refractivity contribution in [1.29, 1.82) is 0 Å². The summed E-state index contributed by atoms with van der Waals surface area (Å²) in [6.07, 6.45) is 1.85. The van der Waals surface area contributed by atoms with E-state index in [0.29, 0.717) is 12.5 Å². The van der Waals surface area contributed by atoms with Crippen LogP contribution in [0.1, 0.15) is 11.5 Å². The van der Waals surface area contributed by atoms with Crippen LogP contribution in [0.4, 0.5) is 5.95 Å². The fraction of sp³-hybridized carbons (Fsp3) is 0.182. The van der Waals surface area contributed by atoms with Gasteiger partial charge < -0.3 is 9.84 Å². The predicted molar refractivity (Wildman–Crippen MR) is 69.3 cm³/mol. The van der Waals surface area contributed by atoms with E-state index in [-0.39, 0.29) is 0 Å². The summed E-state index contributed by atoms with van der Waals surface area (Å²) in [6.45, 7) is 2.39. The van der Waals surface area contributed by atoms with Crippen LogP contribution < -0.4 is 5.32 Å². The molecule has 0 bridgehead atoms. The summed E-state index contributed by atoms with van der Waals surface area (Å²) in [7, 11) is 0. The second kappa shape index (κ2) is 4.41. The minimum atomic E-state index is 0.534. The van der Waals surface area contributed by atoms with Crippen molar-refractivity contribution < 1.29 is 4.52 Å². The summed E-state index contributed by atoms with van der Waals surface area (Å²) in [5, 5.41) is 11.3. The molecule has 0 aliphatic carbocycles. The van der Waals surface area contributed by atoms with Crippen molar-refractivity contribution in [3.63, 3.8) is 0 Å². The maximum Gasteiger partial charge on any atom is 0.243 e. The number of pyridine rings is 1. The molecule has 3 aromatic rings. The summed E-state index contributed by atoms with van der Waals surface area (Å²) < 4.78 is 7.60. The minimum absolute atomic E-state index is 0.534. The number of nitrogens with one attached hydrogen (secondary N) is 1. The van der Waals surface area contributed by atoms with Gasteiger partial charge in [-0.15, -0.1) is 5.10 Å². The molecule has 1 N–H and O–H groups in total. The molecule has 0 aromatic carbocycles. The van der Waals surface area contributed by atoms with Crippen molar-refractivity contribution in [3.05, 3.63) is 40.3 Å². The molecule has 0 spiro atoms. The zero-order valence-corrected chi connectivity index (χ0v) is 11.2. The maximum absolute atomic E-state index is 4.99. The Morgan fingerprint density at radius 1 is 1.50 bits per heavy atom. The van der Waals surface area contributed by atoms with Gasteiger partial charge >= 0.3 is 0 Å². The van der Waals surface area contributed by atoms with Gasteiger partial charge in [0.05, 0.1) is 11.0 Å². The topological polar surface area (TPSA) is 68.2 Å². The molecule has 0 aliphatic heterocycles. The van der Waals surface area contributed by atoms with Crippen LogP contribution in [-0.4, -0.2) is 19.8 Å². The number of fused-ring (bicyclic) bond motifs is 1. The molecule has 6 nitrogen and oxygen atoms in total.